The van der Waals surface area contributed by atoms with Crippen molar-refractivity contribution in [3.8, 4) is 0 Å². The minimum absolute atomic E-state index is 0.188. The number of rotatable bonds is 28. The molecule has 528 valence electrons. The third-order valence-electron chi connectivity index (χ3n) is 22.6. The Labute approximate surface area is 597 Å². The second-order valence-corrected chi connectivity index (χ2v) is 28.9. The van der Waals surface area contributed by atoms with E-state index in [4.69, 9.17) is 14.5 Å². The van der Waals surface area contributed by atoms with E-state index in [1.165, 1.54) is 37.3 Å². The van der Waals surface area contributed by atoms with Crippen molar-refractivity contribution >= 4 is 118 Å². The summed E-state index contributed by atoms with van der Waals surface area (Å²) in [6.45, 7) is 12.1. The minimum atomic E-state index is -0.609. The molecular formula is C87H96N6O9. The van der Waals surface area contributed by atoms with Gasteiger partial charge in [0.25, 0.3) is 0 Å². The number of carbonyl (C=O) groups is 6. The summed E-state index contributed by atoms with van der Waals surface area (Å²) >= 11 is 0. The average Bonchev–Trinajstić information content (AvgIpc) is 1.56. The molecule has 0 saturated heterocycles. The summed E-state index contributed by atoms with van der Waals surface area (Å²) < 4.78 is 6.92. The number of nitrogens with zero attached hydrogens (tertiary/aromatic N) is 6. The lowest BCUT2D eigenvalue weighted by Gasteiger charge is -2.29. The highest BCUT2D eigenvalue weighted by Crippen LogP contribution is 2.43. The number of hydrogen-bond acceptors (Lipinski definition) is 12. The highest BCUT2D eigenvalue weighted by atomic mass is 16.7. The first kappa shape index (κ1) is 70.8. The third-order valence-corrected chi connectivity index (χ3v) is 22.6. The lowest BCUT2D eigenvalue weighted by molar-refractivity contribution is -0.144. The Morgan fingerprint density at radius 1 is 0.373 bits per heavy atom. The topological polar surface area (TPSA) is 182 Å². The number of aromatic nitrogens is 3. The Morgan fingerprint density at radius 3 is 1.25 bits per heavy atom. The second-order valence-electron chi connectivity index (χ2n) is 28.9. The number of aryl methyl sites for hydroxylation is 3. The maximum atomic E-state index is 14.7. The SMILES string of the molecule is CCCCCC(=O)O/N=C(\CCC1CCCCC1)C(=O)c1ccc2c(c1)c1ccc(C3CCC(CC/C(=N\OC(C)=O)C(=O)c4ccc5c(c4)c4ccc(C6CCC(CC/C(=N\OC(=O)c7ccccc7)C(=O)c7ccc8c(c7)c7ccccc7n8CC)CC6)cc4n5CC)CC3)cc1n2CC. The highest BCUT2D eigenvalue weighted by Gasteiger charge is 2.30. The minimum Gasteiger partial charge on any atom is -0.341 e. The number of carbonyl (C=O) groups excluding carboxylic acids is 6. The zero-order valence-electron chi connectivity index (χ0n) is 60.0. The van der Waals surface area contributed by atoms with Crippen LogP contribution >= 0.6 is 0 Å². The van der Waals surface area contributed by atoms with E-state index >= 15 is 0 Å². The van der Waals surface area contributed by atoms with Crippen LogP contribution in [-0.2, 0) is 43.7 Å². The van der Waals surface area contributed by atoms with Gasteiger partial charge in [0.1, 0.15) is 17.1 Å². The van der Waals surface area contributed by atoms with E-state index in [2.05, 4.69) is 111 Å². The number of hydrogen-bond donors (Lipinski definition) is 0. The molecule has 15 nitrogen and oxygen atoms in total. The van der Waals surface area contributed by atoms with Crippen LogP contribution in [0.3, 0.4) is 0 Å². The number of fused-ring (bicyclic) bond motifs is 9. The van der Waals surface area contributed by atoms with Gasteiger partial charge in [0.2, 0.25) is 17.3 Å². The standard InChI is InChI=1S/C87H96N6O9/c1-6-10-13-26-83(95)101-89-75(45-31-57-20-14-11-15-21-57)85(97)67-42-50-80-73(53-67)70-44-39-63(55-82(70)93(80)9-4)60-34-27-58(28-35-60)32-46-74(88-100-56(5)94)84(96)66-41-49-79-72(52-66)69-43-38-64(54-81(69)92(79)8-3)61-36-29-59(30-37-61)33-47-76(90-102-87(99)62-22-16-12-17-23-62)86(98)65-40-48-78-71(51-65)68-24-18-19-25-77(68)91(78)7-2/h12,16-19,22-25,38-44,48-55,57-61H,6-11,13-15,20-21,26-37,45-47H2,1-5H3/b88-74+,89-75+,90-76+. The molecule has 0 bridgehead atoms. The van der Waals surface area contributed by atoms with E-state index in [-0.39, 0.29) is 35.2 Å². The zero-order valence-corrected chi connectivity index (χ0v) is 60.0. The molecule has 3 saturated carbocycles. The van der Waals surface area contributed by atoms with Crippen molar-refractivity contribution in [1.82, 2.24) is 13.7 Å². The van der Waals surface area contributed by atoms with Gasteiger partial charge in [0.05, 0.1) is 5.56 Å². The Balaban J connectivity index is 0.647. The van der Waals surface area contributed by atoms with Crippen LogP contribution in [0.1, 0.15) is 247 Å². The van der Waals surface area contributed by atoms with Gasteiger partial charge in [-0.3, -0.25) is 14.4 Å². The first-order chi connectivity index (χ1) is 49.8. The van der Waals surface area contributed by atoms with Gasteiger partial charge in [-0.15, -0.1) is 0 Å². The van der Waals surface area contributed by atoms with Crippen molar-refractivity contribution in [2.45, 2.75) is 214 Å². The smallest absolute Gasteiger partial charge is 0.341 e. The van der Waals surface area contributed by atoms with Crippen LogP contribution in [0.15, 0.2) is 161 Å². The maximum absolute atomic E-state index is 14.7. The van der Waals surface area contributed by atoms with E-state index in [9.17, 15) is 28.8 Å². The molecule has 13 rings (SSSR count). The second kappa shape index (κ2) is 32.6. The van der Waals surface area contributed by atoms with Crippen molar-refractivity contribution in [3.05, 3.63) is 179 Å². The van der Waals surface area contributed by atoms with Crippen molar-refractivity contribution in [1.29, 1.82) is 0 Å². The maximum Gasteiger partial charge on any atom is 0.365 e. The molecule has 7 aromatic carbocycles. The van der Waals surface area contributed by atoms with Gasteiger partial charge in [-0.25, -0.2) is 14.4 Å². The highest BCUT2D eigenvalue weighted by molar-refractivity contribution is 6.47. The molecule has 10 aromatic rings. The molecule has 0 radical (unpaired) electrons. The Morgan fingerprint density at radius 2 is 0.784 bits per heavy atom. The molecule has 0 unspecified atom stereocenters. The first-order valence-electron chi connectivity index (χ1n) is 37.9. The average molecular weight is 1370 g/mol. The lowest BCUT2D eigenvalue weighted by atomic mass is 9.76. The predicted molar refractivity (Wildman–Crippen MR) is 408 cm³/mol. The molecule has 3 aromatic heterocycles. The van der Waals surface area contributed by atoms with Gasteiger partial charge in [-0.05, 0) is 243 Å². The Bertz CT molecular complexity index is 4870. The predicted octanol–water partition coefficient (Wildman–Crippen LogP) is 21.1. The van der Waals surface area contributed by atoms with E-state index in [0.29, 0.717) is 76.8 Å². The Hall–Kier alpha value is -9.63. The summed E-state index contributed by atoms with van der Waals surface area (Å²) in [5, 5.41) is 19.1. The molecule has 0 amide bonds. The van der Waals surface area contributed by atoms with Gasteiger partial charge in [-0.2, -0.15) is 0 Å². The van der Waals surface area contributed by atoms with Gasteiger partial charge in [0.15, 0.2) is 0 Å². The van der Waals surface area contributed by atoms with E-state index in [1.807, 2.05) is 66.7 Å². The summed E-state index contributed by atoms with van der Waals surface area (Å²) in [6.07, 6.45) is 20.5. The number of oxime groups is 3. The van der Waals surface area contributed by atoms with E-state index in [1.54, 1.807) is 24.3 Å². The molecule has 0 N–H and O–H groups in total. The Kier molecular flexibility index (Phi) is 22.6. The van der Waals surface area contributed by atoms with E-state index < -0.39 is 17.9 Å². The first-order valence-corrected chi connectivity index (χ1v) is 37.9. The van der Waals surface area contributed by atoms with Crippen LogP contribution in [-0.4, -0.2) is 66.1 Å². The number of Topliss-reactive ketones (excluding diaryl/α,β-unsaturated/α-hetero) is 3. The number of unbranched alkanes of at least 4 members (excludes halogenated alkanes) is 2. The largest absolute Gasteiger partial charge is 0.365 e. The monoisotopic (exact) mass is 1370 g/mol. The zero-order chi connectivity index (χ0) is 70.8. The fourth-order valence-electron chi connectivity index (χ4n) is 16.9. The normalized spacial score (nSPS) is 18.0. The summed E-state index contributed by atoms with van der Waals surface area (Å²) in [4.78, 5) is 97.8. The molecular weight excluding hydrogens is 1270 g/mol. The van der Waals surface area contributed by atoms with Crippen molar-refractivity contribution < 1.29 is 43.3 Å². The van der Waals surface area contributed by atoms with Gasteiger partial charge in [-0.1, -0.05) is 128 Å². The van der Waals surface area contributed by atoms with Crippen LogP contribution < -0.4 is 0 Å². The molecule has 0 spiro atoms. The van der Waals surface area contributed by atoms with Crippen LogP contribution in [0, 0.1) is 17.8 Å². The van der Waals surface area contributed by atoms with Crippen LogP contribution in [0.25, 0.3) is 65.4 Å². The lowest BCUT2D eigenvalue weighted by Crippen LogP contribution is -2.19. The van der Waals surface area contributed by atoms with Crippen molar-refractivity contribution in [2.75, 3.05) is 0 Å². The van der Waals surface area contributed by atoms with Crippen LogP contribution in [0.2, 0.25) is 0 Å². The summed E-state index contributed by atoms with van der Waals surface area (Å²) in [5.74, 6) is -0.276. The summed E-state index contributed by atoms with van der Waals surface area (Å²) in [7, 11) is 0. The summed E-state index contributed by atoms with van der Waals surface area (Å²) in [5.41, 5.74) is 11.8. The molecule has 3 aliphatic rings. The van der Waals surface area contributed by atoms with Crippen molar-refractivity contribution in [2.24, 2.45) is 33.2 Å². The molecule has 3 heterocycles. The van der Waals surface area contributed by atoms with Crippen LogP contribution in [0.4, 0.5) is 0 Å². The van der Waals surface area contributed by atoms with Crippen molar-refractivity contribution in [3.63, 3.8) is 0 Å². The number of ketones is 3. The third kappa shape index (κ3) is 15.6. The summed E-state index contributed by atoms with van der Waals surface area (Å²) in [6, 6.07) is 48.2. The van der Waals surface area contributed by atoms with Gasteiger partial charge >= 0.3 is 17.9 Å². The molecule has 3 aliphatic carbocycles. The van der Waals surface area contributed by atoms with Gasteiger partial charge < -0.3 is 28.2 Å². The molecule has 3 fully saturated rings. The molecule has 102 heavy (non-hydrogen) atoms. The number of benzene rings is 7. The fourth-order valence-corrected chi connectivity index (χ4v) is 16.9. The molecule has 0 atom stereocenters. The fraction of sp³-hybridized carbons (Fsp3) is 0.414. The molecule has 0 aliphatic heterocycles. The molecule has 15 heteroatoms. The van der Waals surface area contributed by atoms with Crippen LogP contribution in [0.5, 0.6) is 0 Å². The van der Waals surface area contributed by atoms with Gasteiger partial charge in [0, 0.05) is 115 Å². The quantitative estimate of drug-likeness (QED) is 0.0151. The van der Waals surface area contributed by atoms with E-state index in [0.717, 1.165) is 188 Å². The number of para-hydroxylation sites is 1.